The molecule has 0 unspecified atom stereocenters. The quantitative estimate of drug-likeness (QED) is 0.554. The number of hydrogen-bond acceptors (Lipinski definition) is 1. The van der Waals surface area contributed by atoms with Crippen molar-refractivity contribution in [2.75, 3.05) is 14.1 Å². The molecule has 2 heteroatoms. The maximum absolute atomic E-state index is 7.62. The summed E-state index contributed by atoms with van der Waals surface area (Å²) in [6.45, 7) is 0. The lowest BCUT2D eigenvalue weighted by Crippen LogP contribution is -2.21. The van der Waals surface area contributed by atoms with Crippen LogP contribution in [0.2, 0.25) is 0 Å². The van der Waals surface area contributed by atoms with Crippen LogP contribution in [0, 0.1) is 5.41 Å². The van der Waals surface area contributed by atoms with Gasteiger partial charge in [-0.05, 0) is 12.0 Å². The third-order valence-electron chi connectivity index (χ3n) is 2.03. The average Bonchev–Trinajstić information content (AvgIpc) is 2.15. The Morgan fingerprint density at radius 3 is 2.38 bits per heavy atom. The summed E-state index contributed by atoms with van der Waals surface area (Å²) in [5, 5.41) is 7.62. The van der Waals surface area contributed by atoms with E-state index in [-0.39, 0.29) is 0 Å². The second-order valence-electron chi connectivity index (χ2n) is 3.33. The third-order valence-corrected chi connectivity index (χ3v) is 2.03. The predicted molar refractivity (Wildman–Crippen MR) is 56.2 cm³/mol. The Hall–Kier alpha value is -1.31. The third kappa shape index (κ3) is 3.28. The topological polar surface area (TPSA) is 27.1 Å². The first-order chi connectivity index (χ1) is 6.20. The van der Waals surface area contributed by atoms with E-state index >= 15 is 0 Å². The fraction of sp³-hybridized carbons (Fsp3) is 0.364. The second-order valence-corrected chi connectivity index (χ2v) is 3.33. The van der Waals surface area contributed by atoms with Crippen molar-refractivity contribution in [2.45, 2.75) is 12.8 Å². The molecule has 0 saturated carbocycles. The van der Waals surface area contributed by atoms with E-state index in [2.05, 4.69) is 12.1 Å². The Labute approximate surface area is 79.7 Å². The molecule has 0 heterocycles. The summed E-state index contributed by atoms with van der Waals surface area (Å²) in [6.07, 6.45) is 1.77. The number of aryl methyl sites for hydroxylation is 1. The van der Waals surface area contributed by atoms with E-state index < -0.39 is 0 Å². The van der Waals surface area contributed by atoms with Crippen LogP contribution in [0.4, 0.5) is 0 Å². The van der Waals surface area contributed by atoms with Crippen LogP contribution in [-0.4, -0.2) is 24.8 Å². The second kappa shape index (κ2) is 4.65. The molecule has 1 aromatic carbocycles. The average molecular weight is 176 g/mol. The van der Waals surface area contributed by atoms with Crippen molar-refractivity contribution in [1.82, 2.24) is 4.90 Å². The van der Waals surface area contributed by atoms with Gasteiger partial charge in [0.1, 0.15) is 0 Å². The van der Waals surface area contributed by atoms with E-state index in [1.54, 1.807) is 0 Å². The highest BCUT2D eigenvalue weighted by Crippen LogP contribution is 2.03. The van der Waals surface area contributed by atoms with E-state index in [1.165, 1.54) is 5.56 Å². The van der Waals surface area contributed by atoms with Crippen LogP contribution in [0.5, 0.6) is 0 Å². The Bertz CT molecular complexity index is 265. The molecule has 2 nitrogen and oxygen atoms in total. The zero-order valence-electron chi connectivity index (χ0n) is 8.25. The summed E-state index contributed by atoms with van der Waals surface area (Å²) in [5.41, 5.74) is 1.30. The molecule has 1 N–H and O–H groups in total. The molecule has 0 atom stereocenters. The molecule has 0 aliphatic heterocycles. The number of hydrogen-bond donors (Lipinski definition) is 1. The molecule has 0 aliphatic rings. The molecule has 0 aromatic heterocycles. The lowest BCUT2D eigenvalue weighted by molar-refractivity contribution is 0.597. The number of rotatable bonds is 3. The van der Waals surface area contributed by atoms with Gasteiger partial charge in [-0.1, -0.05) is 30.3 Å². The maximum Gasteiger partial charge on any atom is 0.0955 e. The SMILES string of the molecule is CN(C)C(=N)CCc1ccccc1. The van der Waals surface area contributed by atoms with Crippen LogP contribution < -0.4 is 0 Å². The lowest BCUT2D eigenvalue weighted by Gasteiger charge is -2.12. The van der Waals surface area contributed by atoms with Gasteiger partial charge in [0, 0.05) is 20.5 Å². The molecule has 0 radical (unpaired) electrons. The minimum absolute atomic E-state index is 0.684. The summed E-state index contributed by atoms with van der Waals surface area (Å²) >= 11 is 0. The molecular formula is C11H16N2. The Kier molecular flexibility index (Phi) is 3.50. The molecule has 1 aromatic rings. The summed E-state index contributed by atoms with van der Waals surface area (Å²) < 4.78 is 0. The highest BCUT2D eigenvalue weighted by Gasteiger charge is 1.99. The molecule has 0 saturated heterocycles. The van der Waals surface area contributed by atoms with Crippen LogP contribution in [0.3, 0.4) is 0 Å². The van der Waals surface area contributed by atoms with Crippen LogP contribution >= 0.6 is 0 Å². The van der Waals surface area contributed by atoms with Gasteiger partial charge in [0.05, 0.1) is 5.84 Å². The first-order valence-corrected chi connectivity index (χ1v) is 4.49. The van der Waals surface area contributed by atoms with E-state index in [9.17, 15) is 0 Å². The fourth-order valence-corrected chi connectivity index (χ4v) is 1.13. The summed E-state index contributed by atoms with van der Waals surface area (Å²) in [5.74, 6) is 0.684. The maximum atomic E-state index is 7.62. The van der Waals surface area contributed by atoms with Crippen LogP contribution in [0.1, 0.15) is 12.0 Å². The molecule has 0 spiro atoms. The zero-order chi connectivity index (χ0) is 9.68. The largest absolute Gasteiger partial charge is 0.367 e. The first kappa shape index (κ1) is 9.78. The van der Waals surface area contributed by atoms with Gasteiger partial charge in [0.2, 0.25) is 0 Å². The highest BCUT2D eigenvalue weighted by atomic mass is 15.1. The Balaban J connectivity index is 2.40. The fourth-order valence-electron chi connectivity index (χ4n) is 1.13. The Morgan fingerprint density at radius 2 is 1.85 bits per heavy atom. The van der Waals surface area contributed by atoms with Crippen molar-refractivity contribution in [1.29, 1.82) is 5.41 Å². The van der Waals surface area contributed by atoms with Gasteiger partial charge in [-0.15, -0.1) is 0 Å². The van der Waals surface area contributed by atoms with Crippen molar-refractivity contribution in [3.05, 3.63) is 35.9 Å². The number of benzene rings is 1. The standard InChI is InChI=1S/C11H16N2/c1-13(2)11(12)9-8-10-6-4-3-5-7-10/h3-7,12H,8-9H2,1-2H3. The van der Waals surface area contributed by atoms with E-state index in [0.29, 0.717) is 5.84 Å². The normalized spacial score (nSPS) is 9.69. The molecule has 1 rings (SSSR count). The van der Waals surface area contributed by atoms with Crippen LogP contribution in [0.15, 0.2) is 30.3 Å². The molecule has 0 amide bonds. The predicted octanol–water partition coefficient (Wildman–Crippen LogP) is 2.16. The van der Waals surface area contributed by atoms with E-state index in [1.807, 2.05) is 37.2 Å². The van der Waals surface area contributed by atoms with Gasteiger partial charge < -0.3 is 4.90 Å². The van der Waals surface area contributed by atoms with Gasteiger partial charge in [-0.25, -0.2) is 0 Å². The monoisotopic (exact) mass is 176 g/mol. The van der Waals surface area contributed by atoms with Crippen LogP contribution in [0.25, 0.3) is 0 Å². The molecule has 0 aliphatic carbocycles. The molecule has 0 fully saturated rings. The number of amidine groups is 1. The zero-order valence-corrected chi connectivity index (χ0v) is 8.25. The molecule has 13 heavy (non-hydrogen) atoms. The minimum atomic E-state index is 0.684. The van der Waals surface area contributed by atoms with Gasteiger partial charge in [-0.2, -0.15) is 0 Å². The lowest BCUT2D eigenvalue weighted by atomic mass is 10.1. The summed E-state index contributed by atoms with van der Waals surface area (Å²) in [4.78, 5) is 1.85. The first-order valence-electron chi connectivity index (χ1n) is 4.49. The van der Waals surface area contributed by atoms with Crippen molar-refractivity contribution in [2.24, 2.45) is 0 Å². The van der Waals surface area contributed by atoms with Crippen molar-refractivity contribution in [3.63, 3.8) is 0 Å². The van der Waals surface area contributed by atoms with Gasteiger partial charge in [0.25, 0.3) is 0 Å². The minimum Gasteiger partial charge on any atom is -0.367 e. The smallest absolute Gasteiger partial charge is 0.0955 e. The van der Waals surface area contributed by atoms with E-state index in [4.69, 9.17) is 5.41 Å². The van der Waals surface area contributed by atoms with Gasteiger partial charge >= 0.3 is 0 Å². The van der Waals surface area contributed by atoms with E-state index in [0.717, 1.165) is 12.8 Å². The van der Waals surface area contributed by atoms with Crippen molar-refractivity contribution in [3.8, 4) is 0 Å². The molecular weight excluding hydrogens is 160 g/mol. The van der Waals surface area contributed by atoms with Crippen molar-refractivity contribution >= 4 is 5.84 Å². The summed E-state index contributed by atoms with van der Waals surface area (Å²) in [6, 6.07) is 10.3. The van der Waals surface area contributed by atoms with Crippen molar-refractivity contribution < 1.29 is 0 Å². The number of nitrogens with one attached hydrogen (secondary N) is 1. The van der Waals surface area contributed by atoms with Crippen LogP contribution in [-0.2, 0) is 6.42 Å². The molecule has 0 bridgehead atoms. The number of nitrogens with zero attached hydrogens (tertiary/aromatic N) is 1. The van der Waals surface area contributed by atoms with Gasteiger partial charge in [0.15, 0.2) is 0 Å². The summed E-state index contributed by atoms with van der Waals surface area (Å²) in [7, 11) is 3.82. The highest BCUT2D eigenvalue weighted by molar-refractivity contribution is 5.78. The Morgan fingerprint density at radius 1 is 1.23 bits per heavy atom. The van der Waals surface area contributed by atoms with Gasteiger partial charge in [-0.3, -0.25) is 5.41 Å². The molecule has 70 valence electrons.